The molecular formula is C17H38N8O2. The second-order valence-corrected chi connectivity index (χ2v) is 6.28. The fourth-order valence-electron chi connectivity index (χ4n) is 2.24. The molecule has 27 heavy (non-hydrogen) atoms. The van der Waals surface area contributed by atoms with Crippen molar-refractivity contribution in [2.45, 2.75) is 44.9 Å². The predicted molar refractivity (Wildman–Crippen MR) is 109 cm³/mol. The van der Waals surface area contributed by atoms with Crippen molar-refractivity contribution in [1.82, 2.24) is 21.3 Å². The fourth-order valence-corrected chi connectivity index (χ4v) is 2.24. The molecule has 0 atom stereocenters. The average Bonchev–Trinajstić information content (AvgIpc) is 2.64. The number of nitrogens with zero attached hydrogens (tertiary/aromatic N) is 1. The van der Waals surface area contributed by atoms with E-state index in [0.29, 0.717) is 26.2 Å². The molecule has 0 heterocycles. The molecule has 0 aliphatic heterocycles. The number of hydrogen-bond acceptors (Lipinski definition) is 5. The van der Waals surface area contributed by atoms with Gasteiger partial charge in [0.05, 0.1) is 6.54 Å². The Labute approximate surface area is 162 Å². The minimum Gasteiger partial charge on any atom is -0.370 e. The number of rotatable bonds is 17. The molecule has 0 aliphatic rings. The number of nitrogens with one attached hydrogen (secondary N) is 4. The van der Waals surface area contributed by atoms with E-state index in [1.807, 2.05) is 0 Å². The van der Waals surface area contributed by atoms with Gasteiger partial charge in [-0.15, -0.1) is 0 Å². The summed E-state index contributed by atoms with van der Waals surface area (Å²) in [7, 11) is 0. The smallest absolute Gasteiger partial charge is 0.315 e. The van der Waals surface area contributed by atoms with Crippen LogP contribution in [0.5, 0.6) is 0 Å². The third-order valence-corrected chi connectivity index (χ3v) is 3.73. The van der Waals surface area contributed by atoms with Gasteiger partial charge in [0.1, 0.15) is 0 Å². The molecule has 10 N–H and O–H groups in total. The van der Waals surface area contributed by atoms with Crippen molar-refractivity contribution in [3.63, 3.8) is 0 Å². The van der Waals surface area contributed by atoms with Crippen LogP contribution in [0.2, 0.25) is 0 Å². The summed E-state index contributed by atoms with van der Waals surface area (Å²) in [6.45, 7) is 4.35. The quantitative estimate of drug-likeness (QED) is 0.0954. The van der Waals surface area contributed by atoms with Crippen molar-refractivity contribution in [3.05, 3.63) is 0 Å². The molecule has 158 valence electrons. The lowest BCUT2D eigenvalue weighted by Gasteiger charge is -2.09. The third-order valence-electron chi connectivity index (χ3n) is 3.73. The zero-order valence-corrected chi connectivity index (χ0v) is 16.4. The number of carbonyl (C=O) groups is 2. The van der Waals surface area contributed by atoms with Crippen LogP contribution in [0.3, 0.4) is 0 Å². The molecular weight excluding hydrogens is 348 g/mol. The first-order valence-corrected chi connectivity index (χ1v) is 9.81. The van der Waals surface area contributed by atoms with Gasteiger partial charge in [-0.05, 0) is 51.7 Å². The number of nitrogens with two attached hydrogens (primary N) is 3. The molecule has 0 aliphatic carbocycles. The number of carbonyl (C=O) groups excluding carboxylic acids is 2. The first-order chi connectivity index (χ1) is 13.1. The van der Waals surface area contributed by atoms with Crippen LogP contribution in [0.15, 0.2) is 4.99 Å². The van der Waals surface area contributed by atoms with Crippen molar-refractivity contribution in [1.29, 1.82) is 0 Å². The lowest BCUT2D eigenvalue weighted by atomic mass is 10.2. The predicted octanol–water partition coefficient (Wildman–Crippen LogP) is -1.05. The highest BCUT2D eigenvalue weighted by Crippen LogP contribution is 1.98. The highest BCUT2D eigenvalue weighted by Gasteiger charge is 2.04. The molecule has 10 heteroatoms. The Morgan fingerprint density at radius 3 is 2.11 bits per heavy atom. The molecule has 0 unspecified atom stereocenters. The highest BCUT2D eigenvalue weighted by molar-refractivity contribution is 5.83. The number of hydrogen-bond donors (Lipinski definition) is 7. The van der Waals surface area contributed by atoms with Gasteiger partial charge in [0.2, 0.25) is 5.91 Å². The molecule has 0 aromatic heterocycles. The maximum absolute atomic E-state index is 11.6. The van der Waals surface area contributed by atoms with Crippen molar-refractivity contribution >= 4 is 17.9 Å². The van der Waals surface area contributed by atoms with Crippen molar-refractivity contribution in [2.75, 3.05) is 45.8 Å². The van der Waals surface area contributed by atoms with E-state index < -0.39 is 0 Å². The van der Waals surface area contributed by atoms with Gasteiger partial charge in [-0.2, -0.15) is 0 Å². The van der Waals surface area contributed by atoms with E-state index in [1.54, 1.807) is 0 Å². The van der Waals surface area contributed by atoms with Crippen LogP contribution in [0, 0.1) is 0 Å². The van der Waals surface area contributed by atoms with E-state index in [4.69, 9.17) is 17.2 Å². The lowest BCUT2D eigenvalue weighted by molar-refractivity contribution is -0.120. The van der Waals surface area contributed by atoms with Crippen LogP contribution in [-0.4, -0.2) is 63.7 Å². The van der Waals surface area contributed by atoms with Crippen LogP contribution in [0.25, 0.3) is 0 Å². The summed E-state index contributed by atoms with van der Waals surface area (Å²) in [5.41, 5.74) is 15.9. The second kappa shape index (κ2) is 18.7. The third kappa shape index (κ3) is 20.1. The van der Waals surface area contributed by atoms with Crippen LogP contribution in [-0.2, 0) is 4.79 Å². The Balaban J connectivity index is 3.38. The van der Waals surface area contributed by atoms with Gasteiger partial charge in [-0.25, -0.2) is 4.79 Å². The normalized spacial score (nSPS) is 10.3. The second-order valence-electron chi connectivity index (χ2n) is 6.28. The Morgan fingerprint density at radius 2 is 1.37 bits per heavy atom. The molecule has 0 spiro atoms. The number of amides is 3. The summed E-state index contributed by atoms with van der Waals surface area (Å²) in [5.74, 6) is -0.0658. The maximum Gasteiger partial charge on any atom is 0.315 e. The summed E-state index contributed by atoms with van der Waals surface area (Å²) in [6.07, 6.45) is 6.67. The first-order valence-electron chi connectivity index (χ1n) is 9.81. The standard InChI is InChI=1S/C17H38N8O2/c18-8-7-10-21-9-5-6-13-24-17(27)25-14-15(26)22-11-3-1-2-4-12-23-16(19)20/h21H,1-14,18H2,(H,22,26)(H4,19,20,23)(H2,24,25,27). The minimum atomic E-state index is -0.319. The molecule has 10 nitrogen and oxygen atoms in total. The topological polar surface area (TPSA) is 173 Å². The van der Waals surface area contributed by atoms with E-state index in [9.17, 15) is 9.59 Å². The van der Waals surface area contributed by atoms with E-state index in [-0.39, 0.29) is 24.4 Å². The number of unbranched alkanes of at least 4 members (excludes halogenated alkanes) is 4. The summed E-state index contributed by atoms with van der Waals surface area (Å²) < 4.78 is 0. The molecule has 3 amide bonds. The molecule has 0 radical (unpaired) electrons. The fraction of sp³-hybridized carbons (Fsp3) is 0.824. The maximum atomic E-state index is 11.6. The van der Waals surface area contributed by atoms with Gasteiger partial charge in [-0.1, -0.05) is 12.8 Å². The molecule has 0 aromatic rings. The largest absolute Gasteiger partial charge is 0.370 e. The van der Waals surface area contributed by atoms with Gasteiger partial charge in [-0.3, -0.25) is 9.79 Å². The zero-order valence-electron chi connectivity index (χ0n) is 16.4. The first kappa shape index (κ1) is 24.9. The summed E-state index contributed by atoms with van der Waals surface area (Å²) >= 11 is 0. The van der Waals surface area contributed by atoms with Crippen LogP contribution < -0.4 is 38.5 Å². The zero-order chi connectivity index (χ0) is 20.2. The Hall–Kier alpha value is -2.07. The van der Waals surface area contributed by atoms with Crippen molar-refractivity contribution < 1.29 is 9.59 Å². The number of aliphatic imine (C=N–C) groups is 1. The monoisotopic (exact) mass is 386 g/mol. The minimum absolute atomic E-state index is 0.0169. The van der Waals surface area contributed by atoms with E-state index >= 15 is 0 Å². The van der Waals surface area contributed by atoms with Gasteiger partial charge >= 0.3 is 6.03 Å². The average molecular weight is 387 g/mol. The Kier molecular flexibility index (Phi) is 17.3. The summed E-state index contributed by atoms with van der Waals surface area (Å²) in [4.78, 5) is 27.1. The van der Waals surface area contributed by atoms with Crippen LogP contribution >= 0.6 is 0 Å². The SMILES string of the molecule is NCCCNCCCCNC(=O)NCC(=O)NCCCCCCN=C(N)N. The number of urea groups is 1. The van der Waals surface area contributed by atoms with Crippen molar-refractivity contribution in [2.24, 2.45) is 22.2 Å². The van der Waals surface area contributed by atoms with Crippen LogP contribution in [0.4, 0.5) is 4.79 Å². The van der Waals surface area contributed by atoms with Gasteiger partial charge in [0.15, 0.2) is 5.96 Å². The molecule has 0 saturated heterocycles. The van der Waals surface area contributed by atoms with Gasteiger partial charge in [0.25, 0.3) is 0 Å². The van der Waals surface area contributed by atoms with E-state index in [0.717, 1.165) is 58.0 Å². The molecule has 0 aromatic carbocycles. The summed E-state index contributed by atoms with van der Waals surface area (Å²) in [5, 5.41) is 11.4. The Morgan fingerprint density at radius 1 is 0.741 bits per heavy atom. The molecule has 0 rings (SSSR count). The van der Waals surface area contributed by atoms with E-state index in [1.165, 1.54) is 0 Å². The van der Waals surface area contributed by atoms with Gasteiger partial charge in [0, 0.05) is 19.6 Å². The van der Waals surface area contributed by atoms with Gasteiger partial charge < -0.3 is 38.5 Å². The number of guanidine groups is 1. The van der Waals surface area contributed by atoms with Crippen molar-refractivity contribution in [3.8, 4) is 0 Å². The van der Waals surface area contributed by atoms with E-state index in [2.05, 4.69) is 26.3 Å². The highest BCUT2D eigenvalue weighted by atomic mass is 16.2. The molecule has 0 fully saturated rings. The molecule has 0 saturated carbocycles. The molecule has 0 bridgehead atoms. The summed E-state index contributed by atoms with van der Waals surface area (Å²) in [6, 6.07) is -0.319. The lowest BCUT2D eigenvalue weighted by Crippen LogP contribution is -2.42. The van der Waals surface area contributed by atoms with Crippen LogP contribution in [0.1, 0.15) is 44.9 Å². The Bertz CT molecular complexity index is 414.